The zero-order valence-electron chi connectivity index (χ0n) is 9.64. The van der Waals surface area contributed by atoms with Gasteiger partial charge in [-0.15, -0.1) is 0 Å². The third kappa shape index (κ3) is 1.28. The maximum atomic E-state index is 9.27. The van der Waals surface area contributed by atoms with Crippen molar-refractivity contribution in [2.75, 3.05) is 0 Å². The lowest BCUT2D eigenvalue weighted by molar-refractivity contribution is -0.00248. The molecule has 0 N–H and O–H groups in total. The number of benzene rings is 2. The molecule has 0 atom stereocenters. The van der Waals surface area contributed by atoms with Crippen molar-refractivity contribution in [2.45, 2.75) is 13.3 Å². The second kappa shape index (κ2) is 3.69. The van der Waals surface area contributed by atoms with Crippen LogP contribution in [0.2, 0.25) is 0 Å². The lowest BCUT2D eigenvalue weighted by atomic mass is 9.99. The number of rotatable bonds is 1. The van der Waals surface area contributed by atoms with Crippen LogP contribution in [0.25, 0.3) is 16.7 Å². The summed E-state index contributed by atoms with van der Waals surface area (Å²) in [5, 5.41) is 0. The molecule has 0 radical (unpaired) electrons. The average Bonchev–Trinajstić information content (AvgIpc) is 2.72. The van der Waals surface area contributed by atoms with Crippen LogP contribution >= 0.6 is 0 Å². The van der Waals surface area contributed by atoms with Gasteiger partial charge in [0.05, 0.1) is 11.1 Å². The molecule has 2 heteroatoms. The van der Waals surface area contributed by atoms with E-state index in [1.165, 1.54) is 11.1 Å². The quantitative estimate of drug-likeness (QED) is 0.445. The normalized spacial score (nSPS) is 11.9. The summed E-state index contributed by atoms with van der Waals surface area (Å²) >= 11 is 0. The Kier molecular flexibility index (Phi) is 2.17. The van der Waals surface area contributed by atoms with Crippen LogP contribution in [-0.4, -0.2) is 10.5 Å². The Morgan fingerprint density at radius 2 is 1.65 bits per heavy atom. The molecular weight excluding hydrogens is 208 g/mol. The van der Waals surface area contributed by atoms with Gasteiger partial charge in [-0.25, -0.2) is 0 Å². The van der Waals surface area contributed by atoms with Crippen molar-refractivity contribution in [3.05, 3.63) is 64.7 Å². The largest absolute Gasteiger partial charge is 0.361 e. The van der Waals surface area contributed by atoms with Crippen molar-refractivity contribution in [3.8, 4) is 11.1 Å². The summed E-state index contributed by atoms with van der Waals surface area (Å²) in [7, 11) is 0. The zero-order valence-corrected chi connectivity index (χ0v) is 9.64. The van der Waals surface area contributed by atoms with Gasteiger partial charge in [0.1, 0.15) is 0 Å². The molecule has 0 bridgehead atoms. The highest BCUT2D eigenvalue weighted by molar-refractivity contribution is 6.22. The molecule has 0 heterocycles. The maximum absolute atomic E-state index is 9.27. The van der Waals surface area contributed by atoms with Crippen LogP contribution in [-0.2, 0) is 6.42 Å². The summed E-state index contributed by atoms with van der Waals surface area (Å²) in [5.41, 5.74) is 15.6. The van der Waals surface area contributed by atoms with Gasteiger partial charge in [0.2, 0.25) is 0 Å². The van der Waals surface area contributed by atoms with Crippen molar-refractivity contribution < 1.29 is 4.79 Å². The number of aryl methyl sites for hydroxylation is 1. The van der Waals surface area contributed by atoms with E-state index < -0.39 is 0 Å². The molecule has 1 aliphatic carbocycles. The van der Waals surface area contributed by atoms with Crippen LogP contribution in [0.3, 0.4) is 0 Å². The van der Waals surface area contributed by atoms with E-state index in [2.05, 4.69) is 36.0 Å². The SMILES string of the molecule is CCc1cccc2c1C(=[N+]=[N-])c1ccccc1-2. The summed E-state index contributed by atoms with van der Waals surface area (Å²) in [6.07, 6.45) is 0.941. The lowest BCUT2D eigenvalue weighted by Gasteiger charge is -2.02. The van der Waals surface area contributed by atoms with Crippen molar-refractivity contribution in [2.24, 2.45) is 0 Å². The first-order chi connectivity index (χ1) is 8.36. The molecule has 2 aromatic carbocycles. The first-order valence-electron chi connectivity index (χ1n) is 5.81. The molecule has 0 aliphatic heterocycles. The maximum Gasteiger partial charge on any atom is 0.331 e. The van der Waals surface area contributed by atoms with Crippen LogP contribution in [0.5, 0.6) is 0 Å². The highest BCUT2D eigenvalue weighted by atomic mass is 14.9. The molecule has 0 saturated carbocycles. The molecular formula is C15H12N2. The molecule has 0 saturated heterocycles. The minimum atomic E-state index is 0.702. The summed E-state index contributed by atoms with van der Waals surface area (Å²) in [6, 6.07) is 14.3. The average molecular weight is 220 g/mol. The Hall–Kier alpha value is -2.18. The molecule has 0 aromatic heterocycles. The Morgan fingerprint density at radius 1 is 0.941 bits per heavy atom. The van der Waals surface area contributed by atoms with Gasteiger partial charge in [-0.1, -0.05) is 43.3 Å². The van der Waals surface area contributed by atoms with E-state index in [0.717, 1.165) is 23.1 Å². The molecule has 82 valence electrons. The number of nitrogens with zero attached hydrogens (tertiary/aromatic N) is 2. The van der Waals surface area contributed by atoms with Crippen LogP contribution < -0.4 is 0 Å². The monoisotopic (exact) mass is 220 g/mol. The minimum Gasteiger partial charge on any atom is -0.361 e. The Morgan fingerprint density at radius 3 is 2.35 bits per heavy atom. The minimum absolute atomic E-state index is 0.702. The van der Waals surface area contributed by atoms with Crippen molar-refractivity contribution in [1.29, 1.82) is 0 Å². The van der Waals surface area contributed by atoms with Gasteiger partial charge >= 0.3 is 5.71 Å². The van der Waals surface area contributed by atoms with Crippen LogP contribution in [0, 0.1) is 0 Å². The summed E-state index contributed by atoms with van der Waals surface area (Å²) < 4.78 is 0. The van der Waals surface area contributed by atoms with E-state index in [1.807, 2.05) is 18.2 Å². The summed E-state index contributed by atoms with van der Waals surface area (Å²) in [6.45, 7) is 2.12. The fourth-order valence-electron chi connectivity index (χ4n) is 2.56. The van der Waals surface area contributed by atoms with Gasteiger partial charge in [-0.2, -0.15) is 4.79 Å². The van der Waals surface area contributed by atoms with Gasteiger partial charge in [-0.05, 0) is 29.2 Å². The van der Waals surface area contributed by atoms with Crippen molar-refractivity contribution >= 4 is 5.71 Å². The summed E-state index contributed by atoms with van der Waals surface area (Å²) in [4.78, 5) is 3.50. The highest BCUT2D eigenvalue weighted by Crippen LogP contribution is 2.37. The van der Waals surface area contributed by atoms with Gasteiger partial charge in [0.25, 0.3) is 0 Å². The molecule has 0 amide bonds. The van der Waals surface area contributed by atoms with Crippen molar-refractivity contribution in [1.82, 2.24) is 0 Å². The standard InChI is InChI=1S/C15H12N2/c1-2-10-6-5-9-12-11-7-3-4-8-13(11)15(17-16)14(10)12/h3-9H,2H2,1H3. The van der Waals surface area contributed by atoms with E-state index >= 15 is 0 Å². The molecule has 0 fully saturated rings. The Balaban J connectivity index is 2.43. The fraction of sp³-hybridized carbons (Fsp3) is 0.133. The van der Waals surface area contributed by atoms with Gasteiger partial charge in [-0.3, -0.25) is 0 Å². The second-order valence-electron chi connectivity index (χ2n) is 4.19. The highest BCUT2D eigenvalue weighted by Gasteiger charge is 2.32. The molecule has 0 spiro atoms. The predicted octanol–water partition coefficient (Wildman–Crippen LogP) is 3.30. The molecule has 3 rings (SSSR count). The Labute approximate surface area is 100 Å². The molecule has 2 nitrogen and oxygen atoms in total. The zero-order chi connectivity index (χ0) is 11.8. The topological polar surface area (TPSA) is 36.4 Å². The smallest absolute Gasteiger partial charge is 0.331 e. The van der Waals surface area contributed by atoms with Crippen LogP contribution in [0.1, 0.15) is 23.6 Å². The molecule has 2 aromatic rings. The molecule has 17 heavy (non-hydrogen) atoms. The Bertz CT molecular complexity index is 650. The fourth-order valence-corrected chi connectivity index (χ4v) is 2.56. The number of fused-ring (bicyclic) bond motifs is 3. The second-order valence-corrected chi connectivity index (χ2v) is 4.19. The van der Waals surface area contributed by atoms with E-state index in [0.29, 0.717) is 5.71 Å². The van der Waals surface area contributed by atoms with E-state index in [4.69, 9.17) is 0 Å². The van der Waals surface area contributed by atoms with Gasteiger partial charge in [0.15, 0.2) is 0 Å². The van der Waals surface area contributed by atoms with E-state index in [1.54, 1.807) is 0 Å². The van der Waals surface area contributed by atoms with Crippen LogP contribution in [0.4, 0.5) is 0 Å². The van der Waals surface area contributed by atoms with Crippen molar-refractivity contribution in [3.63, 3.8) is 0 Å². The lowest BCUT2D eigenvalue weighted by Crippen LogP contribution is -2.02. The van der Waals surface area contributed by atoms with E-state index in [-0.39, 0.29) is 0 Å². The molecule has 0 unspecified atom stereocenters. The van der Waals surface area contributed by atoms with Crippen LogP contribution in [0.15, 0.2) is 42.5 Å². The molecule has 1 aliphatic rings. The first kappa shape index (κ1) is 10.0. The van der Waals surface area contributed by atoms with Gasteiger partial charge < -0.3 is 5.53 Å². The van der Waals surface area contributed by atoms with Gasteiger partial charge in [0, 0.05) is 0 Å². The summed E-state index contributed by atoms with van der Waals surface area (Å²) in [5.74, 6) is 0. The third-order valence-corrected chi connectivity index (χ3v) is 3.34. The predicted molar refractivity (Wildman–Crippen MR) is 68.1 cm³/mol. The first-order valence-corrected chi connectivity index (χ1v) is 5.81. The number of hydrogen-bond acceptors (Lipinski definition) is 0. The van der Waals surface area contributed by atoms with E-state index in [9.17, 15) is 5.53 Å². The number of hydrogen-bond donors (Lipinski definition) is 0. The third-order valence-electron chi connectivity index (χ3n) is 3.34.